The molecule has 2 aliphatic rings. The van der Waals surface area contributed by atoms with E-state index in [0.29, 0.717) is 6.10 Å². The topological polar surface area (TPSA) is 44.5 Å². The van der Waals surface area contributed by atoms with E-state index in [1.165, 1.54) is 0 Å². The van der Waals surface area contributed by atoms with E-state index in [9.17, 15) is 0 Å². The highest BCUT2D eigenvalue weighted by Gasteiger charge is 2.50. The van der Waals surface area contributed by atoms with E-state index in [2.05, 4.69) is 22.0 Å². The fourth-order valence-electron chi connectivity index (χ4n) is 3.06. The molecule has 1 spiro atoms. The van der Waals surface area contributed by atoms with Gasteiger partial charge in [0.25, 0.3) is 0 Å². The molecule has 3 nitrogen and oxygen atoms in total. The van der Waals surface area contributed by atoms with E-state index in [1.54, 1.807) is 0 Å². The van der Waals surface area contributed by atoms with Gasteiger partial charge in [0.2, 0.25) is 0 Å². The molecule has 1 atom stereocenters. The monoisotopic (exact) mass is 311 g/mol. The van der Waals surface area contributed by atoms with Crippen LogP contribution in [0.5, 0.6) is 5.75 Å². The normalized spacial score (nSPS) is 33.7. The van der Waals surface area contributed by atoms with Crippen molar-refractivity contribution in [2.24, 2.45) is 5.73 Å². The Balaban J connectivity index is 1.80. The van der Waals surface area contributed by atoms with Gasteiger partial charge in [-0.3, -0.25) is 0 Å². The number of benzene rings is 1. The van der Waals surface area contributed by atoms with Crippen LogP contribution >= 0.6 is 15.9 Å². The van der Waals surface area contributed by atoms with Crippen LogP contribution in [-0.2, 0) is 4.74 Å². The zero-order valence-electron chi connectivity index (χ0n) is 10.5. The minimum atomic E-state index is -0.0902. The van der Waals surface area contributed by atoms with Gasteiger partial charge >= 0.3 is 0 Å². The number of fused-ring (bicyclic) bond motifs is 1. The van der Waals surface area contributed by atoms with Crippen LogP contribution in [0.3, 0.4) is 0 Å². The third-order valence-electron chi connectivity index (χ3n) is 3.90. The van der Waals surface area contributed by atoms with E-state index in [-0.39, 0.29) is 11.6 Å². The Labute approximate surface area is 116 Å². The molecule has 1 aliphatic heterocycles. The van der Waals surface area contributed by atoms with Crippen molar-refractivity contribution in [2.45, 2.75) is 43.9 Å². The number of rotatable bonds is 2. The summed E-state index contributed by atoms with van der Waals surface area (Å²) < 4.78 is 12.8. The van der Waals surface area contributed by atoms with E-state index in [0.717, 1.165) is 41.7 Å². The molecule has 0 aromatic heterocycles. The molecule has 0 amide bonds. The standard InChI is InChI=1S/C14H18BrNO2/c1-2-17-10-6-14(7-10)8-12(16)11-4-3-9(15)5-13(11)18-14/h3-5,10,12H,2,6-8,16H2,1H3/t10?,12-,14?/m0/s1. The molecule has 1 fully saturated rings. The predicted octanol–water partition coefficient (Wildman–Crippen LogP) is 3.17. The average molecular weight is 312 g/mol. The van der Waals surface area contributed by atoms with Crippen LogP contribution in [0.4, 0.5) is 0 Å². The van der Waals surface area contributed by atoms with Gasteiger partial charge in [0, 0.05) is 41.9 Å². The van der Waals surface area contributed by atoms with Gasteiger partial charge in [-0.25, -0.2) is 0 Å². The van der Waals surface area contributed by atoms with Crippen molar-refractivity contribution in [3.8, 4) is 5.75 Å². The van der Waals surface area contributed by atoms with Crippen molar-refractivity contribution in [1.82, 2.24) is 0 Å². The van der Waals surface area contributed by atoms with Crippen molar-refractivity contribution < 1.29 is 9.47 Å². The third kappa shape index (κ3) is 2.06. The summed E-state index contributed by atoms with van der Waals surface area (Å²) in [6.07, 6.45) is 3.16. The zero-order valence-corrected chi connectivity index (χ0v) is 12.1. The first kappa shape index (κ1) is 12.5. The number of hydrogen-bond acceptors (Lipinski definition) is 3. The SMILES string of the molecule is CCOC1CC2(C1)C[C@H](N)c1ccc(Br)cc1O2. The van der Waals surface area contributed by atoms with Crippen LogP contribution in [-0.4, -0.2) is 18.3 Å². The van der Waals surface area contributed by atoms with Crippen LogP contribution in [0.25, 0.3) is 0 Å². The molecule has 0 bridgehead atoms. The predicted molar refractivity (Wildman–Crippen MR) is 73.7 cm³/mol. The highest BCUT2D eigenvalue weighted by molar-refractivity contribution is 9.10. The Bertz CT molecular complexity index is 457. The highest BCUT2D eigenvalue weighted by atomic mass is 79.9. The Morgan fingerprint density at radius 2 is 2.22 bits per heavy atom. The molecular formula is C14H18BrNO2. The average Bonchev–Trinajstić information content (AvgIpc) is 2.26. The molecule has 1 aliphatic carbocycles. The van der Waals surface area contributed by atoms with Gasteiger partial charge in [-0.1, -0.05) is 22.0 Å². The van der Waals surface area contributed by atoms with Crippen LogP contribution in [0.15, 0.2) is 22.7 Å². The fourth-order valence-corrected chi connectivity index (χ4v) is 3.40. The second kappa shape index (κ2) is 4.51. The van der Waals surface area contributed by atoms with E-state index < -0.39 is 0 Å². The van der Waals surface area contributed by atoms with Gasteiger partial charge < -0.3 is 15.2 Å². The van der Waals surface area contributed by atoms with Crippen molar-refractivity contribution in [3.05, 3.63) is 28.2 Å². The van der Waals surface area contributed by atoms with Crippen molar-refractivity contribution in [1.29, 1.82) is 0 Å². The van der Waals surface area contributed by atoms with Gasteiger partial charge in [-0.2, -0.15) is 0 Å². The number of halogens is 1. The summed E-state index contributed by atoms with van der Waals surface area (Å²) >= 11 is 3.48. The maximum Gasteiger partial charge on any atom is 0.126 e. The Kier molecular flexibility index (Phi) is 3.12. The Morgan fingerprint density at radius 3 is 2.94 bits per heavy atom. The largest absolute Gasteiger partial charge is 0.487 e. The smallest absolute Gasteiger partial charge is 0.126 e. The lowest BCUT2D eigenvalue weighted by Crippen LogP contribution is -2.55. The van der Waals surface area contributed by atoms with Gasteiger partial charge in [0.15, 0.2) is 0 Å². The molecule has 0 radical (unpaired) electrons. The molecule has 4 heteroatoms. The lowest BCUT2D eigenvalue weighted by molar-refractivity contribution is -0.134. The Hall–Kier alpha value is -0.580. The molecule has 0 saturated heterocycles. The zero-order chi connectivity index (χ0) is 12.8. The second-order valence-corrected chi connectivity index (χ2v) is 6.18. The summed E-state index contributed by atoms with van der Waals surface area (Å²) in [5.74, 6) is 0.929. The van der Waals surface area contributed by atoms with Gasteiger partial charge in [-0.15, -0.1) is 0 Å². The van der Waals surface area contributed by atoms with Crippen LogP contribution in [0.2, 0.25) is 0 Å². The quantitative estimate of drug-likeness (QED) is 0.912. The van der Waals surface area contributed by atoms with Gasteiger partial charge in [0.1, 0.15) is 11.4 Å². The maximum absolute atomic E-state index is 6.26. The van der Waals surface area contributed by atoms with Crippen LogP contribution in [0.1, 0.15) is 37.8 Å². The first-order valence-corrected chi connectivity index (χ1v) is 7.27. The first-order valence-electron chi connectivity index (χ1n) is 6.47. The van der Waals surface area contributed by atoms with E-state index >= 15 is 0 Å². The highest BCUT2D eigenvalue weighted by Crippen LogP contribution is 2.49. The fraction of sp³-hybridized carbons (Fsp3) is 0.571. The number of ether oxygens (including phenoxy) is 2. The number of nitrogens with two attached hydrogens (primary N) is 1. The summed E-state index contributed by atoms with van der Waals surface area (Å²) in [7, 11) is 0. The second-order valence-electron chi connectivity index (χ2n) is 5.26. The molecule has 18 heavy (non-hydrogen) atoms. The van der Waals surface area contributed by atoms with Crippen molar-refractivity contribution in [3.63, 3.8) is 0 Å². The minimum Gasteiger partial charge on any atom is -0.487 e. The van der Waals surface area contributed by atoms with Gasteiger partial charge in [0.05, 0.1) is 6.10 Å². The van der Waals surface area contributed by atoms with E-state index in [1.807, 2.05) is 19.1 Å². The summed E-state index contributed by atoms with van der Waals surface area (Å²) in [6, 6.07) is 6.16. The Morgan fingerprint density at radius 1 is 1.44 bits per heavy atom. The molecule has 1 saturated carbocycles. The molecule has 1 heterocycles. The van der Waals surface area contributed by atoms with E-state index in [4.69, 9.17) is 15.2 Å². The molecular weight excluding hydrogens is 294 g/mol. The third-order valence-corrected chi connectivity index (χ3v) is 4.39. The minimum absolute atomic E-state index is 0.0735. The molecule has 3 rings (SSSR count). The molecule has 0 unspecified atom stereocenters. The summed E-state index contributed by atoms with van der Waals surface area (Å²) in [5.41, 5.74) is 7.29. The maximum atomic E-state index is 6.26. The van der Waals surface area contributed by atoms with Crippen molar-refractivity contribution >= 4 is 15.9 Å². The van der Waals surface area contributed by atoms with Crippen LogP contribution in [0, 0.1) is 0 Å². The molecule has 1 aromatic rings. The lowest BCUT2D eigenvalue weighted by Gasteiger charge is -2.51. The molecule has 98 valence electrons. The van der Waals surface area contributed by atoms with Crippen molar-refractivity contribution in [2.75, 3.05) is 6.61 Å². The number of hydrogen-bond donors (Lipinski definition) is 1. The first-order chi connectivity index (χ1) is 8.62. The summed E-state index contributed by atoms with van der Waals surface area (Å²) in [6.45, 7) is 2.81. The molecule has 2 N–H and O–H groups in total. The summed E-state index contributed by atoms with van der Waals surface area (Å²) in [4.78, 5) is 0. The lowest BCUT2D eigenvalue weighted by atomic mass is 9.71. The summed E-state index contributed by atoms with van der Waals surface area (Å²) in [5, 5.41) is 0. The van der Waals surface area contributed by atoms with Gasteiger partial charge in [-0.05, 0) is 19.1 Å². The van der Waals surface area contributed by atoms with Crippen LogP contribution < -0.4 is 10.5 Å². The molecule has 1 aromatic carbocycles.